The standard InChI is InChI=1S/C22H27N3O3/c1-15(2)18-4-7-20(8-5-18)28-21-9-6-19(13-23-21)22(27)24-12-17-10-11-25(14-17)16(3)26/h4-9,13,15,17H,10-12,14H2,1-3H3,(H,24,27). The molecule has 1 aromatic carbocycles. The molecule has 1 saturated heterocycles. The molecule has 0 radical (unpaired) electrons. The first kappa shape index (κ1) is 19.9. The van der Waals surface area contributed by atoms with E-state index in [0.29, 0.717) is 42.1 Å². The molecule has 2 amide bonds. The van der Waals surface area contributed by atoms with Gasteiger partial charge < -0.3 is 15.0 Å². The Hall–Kier alpha value is -2.89. The third-order valence-corrected chi connectivity index (χ3v) is 5.05. The molecular weight excluding hydrogens is 354 g/mol. The van der Waals surface area contributed by atoms with Gasteiger partial charge in [-0.25, -0.2) is 4.98 Å². The van der Waals surface area contributed by atoms with Crippen LogP contribution in [0.3, 0.4) is 0 Å². The Morgan fingerprint density at radius 2 is 1.96 bits per heavy atom. The largest absolute Gasteiger partial charge is 0.439 e. The van der Waals surface area contributed by atoms with E-state index in [1.807, 2.05) is 29.2 Å². The molecule has 2 heterocycles. The second-order valence-electron chi connectivity index (χ2n) is 7.54. The van der Waals surface area contributed by atoms with Gasteiger partial charge in [0.2, 0.25) is 11.8 Å². The van der Waals surface area contributed by atoms with Gasteiger partial charge in [0.05, 0.1) is 5.56 Å². The highest BCUT2D eigenvalue weighted by Crippen LogP contribution is 2.23. The molecule has 1 unspecified atom stereocenters. The van der Waals surface area contributed by atoms with Crippen LogP contribution in [0.25, 0.3) is 0 Å². The first-order valence-electron chi connectivity index (χ1n) is 9.70. The number of aromatic nitrogens is 1. The van der Waals surface area contributed by atoms with E-state index in [9.17, 15) is 9.59 Å². The third kappa shape index (κ3) is 5.09. The highest BCUT2D eigenvalue weighted by Gasteiger charge is 2.24. The molecule has 1 fully saturated rings. The number of benzene rings is 1. The van der Waals surface area contributed by atoms with Crippen LogP contribution in [0, 0.1) is 5.92 Å². The van der Waals surface area contributed by atoms with Gasteiger partial charge in [-0.2, -0.15) is 0 Å². The maximum Gasteiger partial charge on any atom is 0.252 e. The van der Waals surface area contributed by atoms with E-state index < -0.39 is 0 Å². The molecule has 0 bridgehead atoms. The second kappa shape index (κ2) is 8.87. The van der Waals surface area contributed by atoms with Crippen molar-refractivity contribution in [2.75, 3.05) is 19.6 Å². The van der Waals surface area contributed by atoms with E-state index >= 15 is 0 Å². The highest BCUT2D eigenvalue weighted by molar-refractivity contribution is 5.93. The van der Waals surface area contributed by atoms with Gasteiger partial charge in [0.1, 0.15) is 5.75 Å². The van der Waals surface area contributed by atoms with Gasteiger partial charge in [0, 0.05) is 38.8 Å². The van der Waals surface area contributed by atoms with Crippen LogP contribution in [0.2, 0.25) is 0 Å². The number of carbonyl (C=O) groups is 2. The number of rotatable bonds is 6. The van der Waals surface area contributed by atoms with Gasteiger partial charge in [-0.1, -0.05) is 26.0 Å². The fraction of sp³-hybridized carbons (Fsp3) is 0.409. The summed E-state index contributed by atoms with van der Waals surface area (Å²) in [5.74, 6) is 1.86. The lowest BCUT2D eigenvalue weighted by atomic mass is 10.0. The number of nitrogens with zero attached hydrogens (tertiary/aromatic N) is 2. The zero-order valence-electron chi connectivity index (χ0n) is 16.6. The number of carbonyl (C=O) groups excluding carboxylic acids is 2. The van der Waals surface area contributed by atoms with Crippen molar-refractivity contribution < 1.29 is 14.3 Å². The smallest absolute Gasteiger partial charge is 0.252 e. The van der Waals surface area contributed by atoms with Crippen molar-refractivity contribution in [2.24, 2.45) is 5.92 Å². The van der Waals surface area contributed by atoms with Crippen LogP contribution in [0.1, 0.15) is 49.0 Å². The van der Waals surface area contributed by atoms with Crippen molar-refractivity contribution in [3.63, 3.8) is 0 Å². The molecule has 28 heavy (non-hydrogen) atoms. The van der Waals surface area contributed by atoms with Crippen molar-refractivity contribution in [2.45, 2.75) is 33.1 Å². The molecular formula is C22H27N3O3. The number of amides is 2. The number of nitrogens with one attached hydrogen (secondary N) is 1. The van der Waals surface area contributed by atoms with Crippen LogP contribution in [0.4, 0.5) is 0 Å². The van der Waals surface area contributed by atoms with E-state index in [2.05, 4.69) is 24.1 Å². The first-order valence-corrected chi connectivity index (χ1v) is 9.70. The molecule has 0 aliphatic carbocycles. The Morgan fingerprint density at radius 1 is 1.21 bits per heavy atom. The lowest BCUT2D eigenvalue weighted by Gasteiger charge is -2.14. The number of likely N-dealkylation sites (tertiary alicyclic amines) is 1. The summed E-state index contributed by atoms with van der Waals surface area (Å²) < 4.78 is 5.74. The molecule has 1 aromatic heterocycles. The monoisotopic (exact) mass is 381 g/mol. The molecule has 1 N–H and O–H groups in total. The Labute approximate surface area is 165 Å². The predicted octanol–water partition coefficient (Wildman–Crippen LogP) is 3.60. The molecule has 1 aliphatic rings. The van der Waals surface area contributed by atoms with Crippen molar-refractivity contribution in [1.82, 2.24) is 15.2 Å². The van der Waals surface area contributed by atoms with Crippen LogP contribution in [-0.2, 0) is 4.79 Å². The van der Waals surface area contributed by atoms with Crippen LogP contribution < -0.4 is 10.1 Å². The van der Waals surface area contributed by atoms with Gasteiger partial charge in [0.15, 0.2) is 0 Å². The second-order valence-corrected chi connectivity index (χ2v) is 7.54. The molecule has 3 rings (SSSR count). The van der Waals surface area contributed by atoms with E-state index in [-0.39, 0.29) is 11.8 Å². The fourth-order valence-electron chi connectivity index (χ4n) is 3.24. The average molecular weight is 381 g/mol. The number of ether oxygens (including phenoxy) is 1. The van der Waals surface area contributed by atoms with Crippen LogP contribution >= 0.6 is 0 Å². The molecule has 1 atom stereocenters. The lowest BCUT2D eigenvalue weighted by Crippen LogP contribution is -2.32. The highest BCUT2D eigenvalue weighted by atomic mass is 16.5. The maximum absolute atomic E-state index is 12.3. The van der Waals surface area contributed by atoms with E-state index in [0.717, 1.165) is 13.0 Å². The summed E-state index contributed by atoms with van der Waals surface area (Å²) in [5.41, 5.74) is 1.74. The third-order valence-electron chi connectivity index (χ3n) is 5.05. The zero-order valence-corrected chi connectivity index (χ0v) is 16.6. The van der Waals surface area contributed by atoms with Crippen molar-refractivity contribution in [3.05, 3.63) is 53.7 Å². The summed E-state index contributed by atoms with van der Waals surface area (Å²) in [6.07, 6.45) is 2.43. The zero-order chi connectivity index (χ0) is 20.1. The summed E-state index contributed by atoms with van der Waals surface area (Å²) >= 11 is 0. The van der Waals surface area contributed by atoms with Crippen molar-refractivity contribution in [1.29, 1.82) is 0 Å². The van der Waals surface area contributed by atoms with Crippen molar-refractivity contribution >= 4 is 11.8 Å². The summed E-state index contributed by atoms with van der Waals surface area (Å²) in [5, 5.41) is 2.93. The summed E-state index contributed by atoms with van der Waals surface area (Å²) in [6.45, 7) is 7.90. The van der Waals surface area contributed by atoms with E-state index in [4.69, 9.17) is 4.74 Å². The normalized spacial score (nSPS) is 16.3. The molecule has 1 aliphatic heterocycles. The molecule has 6 nitrogen and oxygen atoms in total. The van der Waals surface area contributed by atoms with Gasteiger partial charge >= 0.3 is 0 Å². The quantitative estimate of drug-likeness (QED) is 0.830. The number of hydrogen-bond acceptors (Lipinski definition) is 4. The van der Waals surface area contributed by atoms with Gasteiger partial charge in [-0.05, 0) is 42.0 Å². The Balaban J connectivity index is 1.51. The van der Waals surface area contributed by atoms with E-state index in [1.165, 1.54) is 11.8 Å². The number of hydrogen-bond donors (Lipinski definition) is 1. The Morgan fingerprint density at radius 3 is 2.54 bits per heavy atom. The minimum absolute atomic E-state index is 0.0902. The van der Waals surface area contributed by atoms with E-state index in [1.54, 1.807) is 19.1 Å². The molecule has 148 valence electrons. The average Bonchev–Trinajstić information content (AvgIpc) is 3.16. The van der Waals surface area contributed by atoms with Crippen LogP contribution in [0.5, 0.6) is 11.6 Å². The molecule has 2 aromatic rings. The van der Waals surface area contributed by atoms with Gasteiger partial charge in [0.25, 0.3) is 5.91 Å². The van der Waals surface area contributed by atoms with Gasteiger partial charge in [-0.15, -0.1) is 0 Å². The molecule has 0 spiro atoms. The Bertz CT molecular complexity index is 816. The Kier molecular flexibility index (Phi) is 6.29. The minimum Gasteiger partial charge on any atom is -0.439 e. The summed E-state index contributed by atoms with van der Waals surface area (Å²) in [4.78, 5) is 29.7. The SMILES string of the molecule is CC(=O)N1CCC(CNC(=O)c2ccc(Oc3ccc(C(C)C)cc3)nc2)C1. The lowest BCUT2D eigenvalue weighted by molar-refractivity contribution is -0.127. The number of pyridine rings is 1. The topological polar surface area (TPSA) is 71.5 Å². The summed E-state index contributed by atoms with van der Waals surface area (Å²) in [6, 6.07) is 11.3. The predicted molar refractivity (Wildman–Crippen MR) is 108 cm³/mol. The van der Waals surface area contributed by atoms with Crippen LogP contribution in [-0.4, -0.2) is 41.3 Å². The fourth-order valence-corrected chi connectivity index (χ4v) is 3.24. The maximum atomic E-state index is 12.3. The van der Waals surface area contributed by atoms with Crippen LogP contribution in [0.15, 0.2) is 42.6 Å². The molecule has 6 heteroatoms. The van der Waals surface area contributed by atoms with Crippen molar-refractivity contribution in [3.8, 4) is 11.6 Å². The summed E-state index contributed by atoms with van der Waals surface area (Å²) in [7, 11) is 0. The molecule has 0 saturated carbocycles. The first-order chi connectivity index (χ1) is 13.4. The minimum atomic E-state index is -0.165. The van der Waals surface area contributed by atoms with Gasteiger partial charge in [-0.3, -0.25) is 9.59 Å².